The Hall–Kier alpha value is -1.38. The third-order valence-corrected chi connectivity index (χ3v) is 3.42. The van der Waals surface area contributed by atoms with E-state index in [4.69, 9.17) is 17.3 Å². The van der Waals surface area contributed by atoms with Gasteiger partial charge in [-0.05, 0) is 37.0 Å². The Balaban J connectivity index is 2.03. The second-order valence-electron chi connectivity index (χ2n) is 4.87. The molecule has 100 valence electrons. The van der Waals surface area contributed by atoms with E-state index in [9.17, 15) is 4.39 Å². The molecule has 0 fully saturated rings. The molecule has 0 aliphatic carbocycles. The van der Waals surface area contributed by atoms with Crippen LogP contribution in [0.2, 0.25) is 5.02 Å². The third-order valence-electron chi connectivity index (χ3n) is 3.13. The molecule has 0 aliphatic heterocycles. The van der Waals surface area contributed by atoms with E-state index in [-0.39, 0.29) is 16.9 Å². The SMILES string of the molecule is Cc1ccc(CC(N)Cc2cccc(Cl)c2F)cc1. The maximum absolute atomic E-state index is 13.8. The minimum absolute atomic E-state index is 0.115. The van der Waals surface area contributed by atoms with Crippen LogP contribution < -0.4 is 5.73 Å². The summed E-state index contributed by atoms with van der Waals surface area (Å²) in [6.45, 7) is 2.05. The van der Waals surface area contributed by atoms with Gasteiger partial charge in [0.1, 0.15) is 5.82 Å². The van der Waals surface area contributed by atoms with E-state index in [2.05, 4.69) is 24.3 Å². The Bertz CT molecular complexity index is 551. The van der Waals surface area contributed by atoms with Crippen molar-refractivity contribution in [3.05, 3.63) is 70.0 Å². The highest BCUT2D eigenvalue weighted by atomic mass is 35.5. The van der Waals surface area contributed by atoms with E-state index in [1.54, 1.807) is 18.2 Å². The fourth-order valence-corrected chi connectivity index (χ4v) is 2.28. The first-order valence-electron chi connectivity index (χ1n) is 6.30. The first-order chi connectivity index (χ1) is 9.06. The van der Waals surface area contributed by atoms with Gasteiger partial charge in [0.25, 0.3) is 0 Å². The molecule has 1 atom stereocenters. The summed E-state index contributed by atoms with van der Waals surface area (Å²) in [5, 5.41) is 0.153. The van der Waals surface area contributed by atoms with E-state index < -0.39 is 0 Å². The van der Waals surface area contributed by atoms with Gasteiger partial charge in [0, 0.05) is 6.04 Å². The highest BCUT2D eigenvalue weighted by Crippen LogP contribution is 2.19. The topological polar surface area (TPSA) is 26.0 Å². The molecule has 0 radical (unpaired) electrons. The van der Waals surface area contributed by atoms with E-state index in [1.807, 2.05) is 6.92 Å². The fraction of sp³-hybridized carbons (Fsp3) is 0.250. The molecular weight excluding hydrogens is 261 g/mol. The standard InChI is InChI=1S/C16H17ClFN/c1-11-5-7-12(8-6-11)9-14(19)10-13-3-2-4-15(17)16(13)18/h2-8,14H,9-10,19H2,1H3. The van der Waals surface area contributed by atoms with Crippen molar-refractivity contribution in [3.8, 4) is 0 Å². The van der Waals surface area contributed by atoms with Crippen molar-refractivity contribution >= 4 is 11.6 Å². The van der Waals surface area contributed by atoms with Crippen LogP contribution in [0.1, 0.15) is 16.7 Å². The molecule has 0 bridgehead atoms. The highest BCUT2D eigenvalue weighted by molar-refractivity contribution is 6.30. The first-order valence-corrected chi connectivity index (χ1v) is 6.68. The van der Waals surface area contributed by atoms with Crippen molar-refractivity contribution < 1.29 is 4.39 Å². The zero-order valence-electron chi connectivity index (χ0n) is 10.9. The van der Waals surface area contributed by atoms with Crippen molar-refractivity contribution in [1.29, 1.82) is 0 Å². The van der Waals surface area contributed by atoms with Crippen LogP contribution in [0.3, 0.4) is 0 Å². The minimum atomic E-state index is -0.358. The molecule has 2 aromatic rings. The highest BCUT2D eigenvalue weighted by Gasteiger charge is 2.11. The fourth-order valence-electron chi connectivity index (χ4n) is 2.09. The van der Waals surface area contributed by atoms with Crippen LogP contribution in [-0.2, 0) is 12.8 Å². The normalized spacial score (nSPS) is 12.4. The summed E-state index contributed by atoms with van der Waals surface area (Å²) >= 11 is 5.76. The lowest BCUT2D eigenvalue weighted by Crippen LogP contribution is -2.26. The van der Waals surface area contributed by atoms with Crippen molar-refractivity contribution in [3.63, 3.8) is 0 Å². The maximum Gasteiger partial charge on any atom is 0.145 e. The van der Waals surface area contributed by atoms with E-state index >= 15 is 0 Å². The number of nitrogens with two attached hydrogens (primary N) is 1. The molecule has 0 saturated carbocycles. The predicted molar refractivity (Wildman–Crippen MR) is 78.0 cm³/mol. The van der Waals surface area contributed by atoms with Gasteiger partial charge in [0.2, 0.25) is 0 Å². The second kappa shape index (κ2) is 6.18. The summed E-state index contributed by atoms with van der Waals surface area (Å²) in [4.78, 5) is 0. The van der Waals surface area contributed by atoms with Crippen molar-refractivity contribution in [2.45, 2.75) is 25.8 Å². The average molecular weight is 278 g/mol. The molecule has 0 aliphatic rings. The van der Waals surface area contributed by atoms with Crippen LogP contribution in [0.25, 0.3) is 0 Å². The first kappa shape index (κ1) is 14.0. The maximum atomic E-state index is 13.8. The monoisotopic (exact) mass is 277 g/mol. The number of benzene rings is 2. The molecule has 0 aromatic heterocycles. The van der Waals surface area contributed by atoms with Gasteiger partial charge in [0.15, 0.2) is 0 Å². The molecule has 3 heteroatoms. The van der Waals surface area contributed by atoms with Crippen molar-refractivity contribution in [2.24, 2.45) is 5.73 Å². The molecule has 2 N–H and O–H groups in total. The largest absolute Gasteiger partial charge is 0.327 e. The minimum Gasteiger partial charge on any atom is -0.327 e. The average Bonchev–Trinajstić information content (AvgIpc) is 2.38. The van der Waals surface area contributed by atoms with Crippen LogP contribution in [-0.4, -0.2) is 6.04 Å². The van der Waals surface area contributed by atoms with Crippen LogP contribution in [0.15, 0.2) is 42.5 Å². The van der Waals surface area contributed by atoms with Crippen LogP contribution in [0.4, 0.5) is 4.39 Å². The molecule has 0 amide bonds. The third kappa shape index (κ3) is 3.79. The summed E-state index contributed by atoms with van der Waals surface area (Å²) in [5.41, 5.74) is 9.05. The molecule has 0 spiro atoms. The van der Waals surface area contributed by atoms with Gasteiger partial charge < -0.3 is 5.73 Å². The molecule has 1 nitrogen and oxygen atoms in total. The summed E-state index contributed by atoms with van der Waals surface area (Å²) in [6, 6.07) is 13.1. The van der Waals surface area contributed by atoms with Gasteiger partial charge in [-0.1, -0.05) is 53.6 Å². The van der Waals surface area contributed by atoms with Crippen molar-refractivity contribution in [2.75, 3.05) is 0 Å². The zero-order chi connectivity index (χ0) is 13.8. The Morgan fingerprint density at radius 2 is 1.79 bits per heavy atom. The smallest absolute Gasteiger partial charge is 0.145 e. The summed E-state index contributed by atoms with van der Waals surface area (Å²) in [5.74, 6) is -0.358. The zero-order valence-corrected chi connectivity index (χ0v) is 11.6. The summed E-state index contributed by atoms with van der Waals surface area (Å²) in [7, 11) is 0. The molecule has 2 aromatic carbocycles. The number of halogens is 2. The lowest BCUT2D eigenvalue weighted by atomic mass is 9.99. The molecule has 19 heavy (non-hydrogen) atoms. The van der Waals surface area contributed by atoms with Gasteiger partial charge in [-0.3, -0.25) is 0 Å². The Kier molecular flexibility index (Phi) is 4.56. The van der Waals surface area contributed by atoms with Crippen LogP contribution in [0.5, 0.6) is 0 Å². The van der Waals surface area contributed by atoms with E-state index in [0.29, 0.717) is 12.0 Å². The van der Waals surface area contributed by atoms with Crippen LogP contribution >= 0.6 is 11.6 Å². The lowest BCUT2D eigenvalue weighted by molar-refractivity contribution is 0.584. The van der Waals surface area contributed by atoms with Gasteiger partial charge >= 0.3 is 0 Å². The van der Waals surface area contributed by atoms with E-state index in [1.165, 1.54) is 11.1 Å². The number of hydrogen-bond donors (Lipinski definition) is 1. The quantitative estimate of drug-likeness (QED) is 0.901. The molecular formula is C16H17ClFN. The Morgan fingerprint density at radius 3 is 2.47 bits per heavy atom. The van der Waals surface area contributed by atoms with Gasteiger partial charge in [-0.2, -0.15) is 0 Å². The molecule has 0 heterocycles. The van der Waals surface area contributed by atoms with Crippen LogP contribution in [0, 0.1) is 12.7 Å². The predicted octanol–water partition coefficient (Wildman–Crippen LogP) is 3.90. The second-order valence-corrected chi connectivity index (χ2v) is 5.27. The Labute approximate surface area is 118 Å². The molecule has 0 saturated heterocycles. The van der Waals surface area contributed by atoms with Gasteiger partial charge in [-0.15, -0.1) is 0 Å². The molecule has 1 unspecified atom stereocenters. The number of rotatable bonds is 4. The molecule has 2 rings (SSSR count). The lowest BCUT2D eigenvalue weighted by Gasteiger charge is -2.13. The number of aryl methyl sites for hydroxylation is 1. The van der Waals surface area contributed by atoms with E-state index in [0.717, 1.165) is 6.42 Å². The summed E-state index contributed by atoms with van der Waals surface area (Å²) in [6.07, 6.45) is 1.21. The Morgan fingerprint density at radius 1 is 1.11 bits per heavy atom. The number of hydrogen-bond acceptors (Lipinski definition) is 1. The van der Waals surface area contributed by atoms with Gasteiger partial charge in [-0.25, -0.2) is 4.39 Å². The van der Waals surface area contributed by atoms with Gasteiger partial charge in [0.05, 0.1) is 5.02 Å². The van der Waals surface area contributed by atoms with Crippen molar-refractivity contribution in [1.82, 2.24) is 0 Å². The summed E-state index contributed by atoms with van der Waals surface area (Å²) < 4.78 is 13.8.